The molecule has 5 nitrogen and oxygen atoms in total. The standard InChI is InChI=1S/C20H21N5S/c1-13-5-4-6-17(7-13)19-22-9-16(10-23-19)8-21-11-18-12-25-14(2)15(3)26-20(25)24-18/h4-7,9-10,12,21H,8,11H2,1-3H3. The highest BCUT2D eigenvalue weighted by Gasteiger charge is 2.08. The molecular formula is C20H21N5S. The van der Waals surface area contributed by atoms with Gasteiger partial charge in [0.2, 0.25) is 0 Å². The molecule has 0 fully saturated rings. The van der Waals surface area contributed by atoms with Crippen LogP contribution in [0.15, 0.2) is 42.9 Å². The fourth-order valence-electron chi connectivity index (χ4n) is 2.90. The van der Waals surface area contributed by atoms with Gasteiger partial charge >= 0.3 is 0 Å². The van der Waals surface area contributed by atoms with Crippen molar-refractivity contribution in [2.75, 3.05) is 0 Å². The lowest BCUT2D eigenvalue weighted by atomic mass is 10.1. The zero-order valence-electron chi connectivity index (χ0n) is 15.2. The molecule has 0 amide bonds. The first kappa shape index (κ1) is 16.9. The summed E-state index contributed by atoms with van der Waals surface area (Å²) >= 11 is 1.73. The minimum Gasteiger partial charge on any atom is -0.307 e. The molecule has 1 aromatic carbocycles. The van der Waals surface area contributed by atoms with Crippen molar-refractivity contribution >= 4 is 16.3 Å². The second-order valence-electron chi connectivity index (χ2n) is 6.52. The monoisotopic (exact) mass is 363 g/mol. The topological polar surface area (TPSA) is 55.1 Å². The molecule has 0 atom stereocenters. The van der Waals surface area contributed by atoms with E-state index in [4.69, 9.17) is 0 Å². The van der Waals surface area contributed by atoms with E-state index in [-0.39, 0.29) is 0 Å². The molecule has 1 N–H and O–H groups in total. The van der Waals surface area contributed by atoms with Crippen LogP contribution < -0.4 is 5.32 Å². The number of imidazole rings is 1. The smallest absolute Gasteiger partial charge is 0.194 e. The van der Waals surface area contributed by atoms with Crippen LogP contribution in [0, 0.1) is 20.8 Å². The van der Waals surface area contributed by atoms with E-state index < -0.39 is 0 Å². The third-order valence-corrected chi connectivity index (χ3v) is 5.53. The molecule has 132 valence electrons. The van der Waals surface area contributed by atoms with Crippen molar-refractivity contribution in [3.05, 3.63) is 70.2 Å². The highest BCUT2D eigenvalue weighted by molar-refractivity contribution is 7.17. The third kappa shape index (κ3) is 3.38. The quantitative estimate of drug-likeness (QED) is 0.581. The molecule has 0 unspecified atom stereocenters. The minimum absolute atomic E-state index is 0.720. The molecule has 0 aliphatic heterocycles. The maximum atomic E-state index is 4.68. The van der Waals surface area contributed by atoms with Gasteiger partial charge in [-0.05, 0) is 26.8 Å². The van der Waals surface area contributed by atoms with E-state index in [1.54, 1.807) is 11.3 Å². The Morgan fingerprint density at radius 3 is 2.62 bits per heavy atom. The minimum atomic E-state index is 0.720. The number of nitrogens with one attached hydrogen (secondary N) is 1. The number of hydrogen-bond donors (Lipinski definition) is 1. The van der Waals surface area contributed by atoms with Crippen molar-refractivity contribution in [1.29, 1.82) is 0 Å². The predicted molar refractivity (Wildman–Crippen MR) is 105 cm³/mol. The largest absolute Gasteiger partial charge is 0.307 e. The van der Waals surface area contributed by atoms with Crippen molar-refractivity contribution in [1.82, 2.24) is 24.7 Å². The number of fused-ring (bicyclic) bond motifs is 1. The average molecular weight is 363 g/mol. The average Bonchev–Trinajstić information content (AvgIpc) is 3.14. The number of thiazole rings is 1. The number of nitrogens with zero attached hydrogens (tertiary/aromatic N) is 4. The number of benzene rings is 1. The van der Waals surface area contributed by atoms with Crippen LogP contribution in [0.5, 0.6) is 0 Å². The van der Waals surface area contributed by atoms with E-state index >= 15 is 0 Å². The Kier molecular flexibility index (Phi) is 4.53. The Balaban J connectivity index is 1.38. The first-order chi connectivity index (χ1) is 12.6. The van der Waals surface area contributed by atoms with E-state index in [0.717, 1.165) is 40.7 Å². The van der Waals surface area contributed by atoms with Crippen molar-refractivity contribution in [2.45, 2.75) is 33.9 Å². The number of hydrogen-bond acceptors (Lipinski definition) is 5. The van der Waals surface area contributed by atoms with Crippen molar-refractivity contribution in [2.24, 2.45) is 0 Å². The van der Waals surface area contributed by atoms with E-state index in [2.05, 4.69) is 63.8 Å². The van der Waals surface area contributed by atoms with Gasteiger partial charge in [-0.25, -0.2) is 15.0 Å². The van der Waals surface area contributed by atoms with E-state index in [1.807, 2.05) is 24.5 Å². The molecule has 3 heterocycles. The molecule has 0 aliphatic carbocycles. The van der Waals surface area contributed by atoms with E-state index in [1.165, 1.54) is 16.1 Å². The normalized spacial score (nSPS) is 11.3. The maximum absolute atomic E-state index is 4.68. The Labute approximate surface area is 156 Å². The van der Waals surface area contributed by atoms with Gasteiger partial charge in [0.1, 0.15) is 0 Å². The summed E-state index contributed by atoms with van der Waals surface area (Å²) in [5, 5.41) is 3.42. The molecule has 0 saturated heterocycles. The van der Waals surface area contributed by atoms with Gasteiger partial charge in [-0.3, -0.25) is 4.40 Å². The number of aromatic nitrogens is 4. The SMILES string of the molecule is Cc1cccc(-c2ncc(CNCc3cn4c(C)c(C)sc4n3)cn2)c1. The third-order valence-electron chi connectivity index (χ3n) is 4.46. The molecule has 4 aromatic rings. The Morgan fingerprint density at radius 2 is 1.88 bits per heavy atom. The maximum Gasteiger partial charge on any atom is 0.194 e. The summed E-state index contributed by atoms with van der Waals surface area (Å²) in [6.07, 6.45) is 5.88. The molecule has 6 heteroatoms. The second kappa shape index (κ2) is 6.97. The van der Waals surface area contributed by atoms with Crippen LogP contribution >= 0.6 is 11.3 Å². The van der Waals surface area contributed by atoms with Crippen LogP contribution in [0.1, 0.15) is 27.4 Å². The van der Waals surface area contributed by atoms with Gasteiger partial charge in [0.05, 0.1) is 5.69 Å². The molecule has 0 saturated carbocycles. The van der Waals surface area contributed by atoms with E-state index in [0.29, 0.717) is 0 Å². The van der Waals surface area contributed by atoms with Gasteiger partial charge in [-0.2, -0.15) is 0 Å². The number of rotatable bonds is 5. The molecule has 0 aliphatic rings. The summed E-state index contributed by atoms with van der Waals surface area (Å²) in [7, 11) is 0. The lowest BCUT2D eigenvalue weighted by Crippen LogP contribution is -2.13. The van der Waals surface area contributed by atoms with Crippen LogP contribution in [-0.2, 0) is 13.1 Å². The Hall–Kier alpha value is -2.57. The van der Waals surface area contributed by atoms with E-state index in [9.17, 15) is 0 Å². The van der Waals surface area contributed by atoms with Gasteiger partial charge in [-0.1, -0.05) is 23.8 Å². The fourth-order valence-corrected chi connectivity index (χ4v) is 3.87. The summed E-state index contributed by atoms with van der Waals surface area (Å²) < 4.78 is 2.16. The van der Waals surface area contributed by atoms with Gasteiger partial charge in [0.25, 0.3) is 0 Å². The van der Waals surface area contributed by atoms with Crippen LogP contribution in [0.4, 0.5) is 0 Å². The molecule has 4 rings (SSSR count). The van der Waals surface area contributed by atoms with Gasteiger partial charge in [0, 0.05) is 53.4 Å². The van der Waals surface area contributed by atoms with Crippen molar-refractivity contribution in [3.8, 4) is 11.4 Å². The van der Waals surface area contributed by atoms with Gasteiger partial charge in [-0.15, -0.1) is 11.3 Å². The Bertz CT molecular complexity index is 1050. The van der Waals surface area contributed by atoms with Crippen LogP contribution in [0.2, 0.25) is 0 Å². The Morgan fingerprint density at radius 1 is 1.08 bits per heavy atom. The highest BCUT2D eigenvalue weighted by Crippen LogP contribution is 2.21. The number of aryl methyl sites for hydroxylation is 3. The zero-order valence-corrected chi connectivity index (χ0v) is 16.0. The molecule has 0 radical (unpaired) electrons. The molecular weight excluding hydrogens is 342 g/mol. The second-order valence-corrected chi connectivity index (χ2v) is 7.70. The van der Waals surface area contributed by atoms with Crippen LogP contribution in [0.3, 0.4) is 0 Å². The van der Waals surface area contributed by atoms with Gasteiger partial charge < -0.3 is 5.32 Å². The molecule has 0 spiro atoms. The molecule has 0 bridgehead atoms. The summed E-state index contributed by atoms with van der Waals surface area (Å²) in [6.45, 7) is 7.78. The first-order valence-corrected chi connectivity index (χ1v) is 9.44. The van der Waals surface area contributed by atoms with Gasteiger partial charge in [0.15, 0.2) is 10.8 Å². The summed E-state index contributed by atoms with van der Waals surface area (Å²) in [6, 6.07) is 8.24. The zero-order chi connectivity index (χ0) is 18.1. The van der Waals surface area contributed by atoms with Crippen LogP contribution in [0.25, 0.3) is 16.3 Å². The first-order valence-electron chi connectivity index (χ1n) is 8.63. The lowest BCUT2D eigenvalue weighted by molar-refractivity contribution is 0.679. The summed E-state index contributed by atoms with van der Waals surface area (Å²) in [5.74, 6) is 0.762. The van der Waals surface area contributed by atoms with Crippen LogP contribution in [-0.4, -0.2) is 19.4 Å². The predicted octanol–water partition coefficient (Wildman–Crippen LogP) is 4.07. The molecule has 26 heavy (non-hydrogen) atoms. The van der Waals surface area contributed by atoms with Crippen molar-refractivity contribution in [3.63, 3.8) is 0 Å². The lowest BCUT2D eigenvalue weighted by Gasteiger charge is -2.05. The molecule has 3 aromatic heterocycles. The van der Waals surface area contributed by atoms with Crippen molar-refractivity contribution < 1.29 is 0 Å². The summed E-state index contributed by atoms with van der Waals surface area (Å²) in [5.41, 5.74) is 5.64. The highest BCUT2D eigenvalue weighted by atomic mass is 32.1. The summed E-state index contributed by atoms with van der Waals surface area (Å²) in [4.78, 5) is 16.0. The fraction of sp³-hybridized carbons (Fsp3) is 0.250.